The number of nitrogens with one attached hydrogen (secondary N) is 1. The van der Waals surface area contributed by atoms with Gasteiger partial charge in [-0.25, -0.2) is 4.98 Å². The first kappa shape index (κ1) is 24.4. The minimum absolute atomic E-state index is 0.0663. The van der Waals surface area contributed by atoms with Crippen LogP contribution in [0.3, 0.4) is 0 Å². The lowest BCUT2D eigenvalue weighted by molar-refractivity contribution is -0.122. The fourth-order valence-corrected chi connectivity index (χ4v) is 3.84. The van der Waals surface area contributed by atoms with Crippen LogP contribution in [-0.2, 0) is 0 Å². The van der Waals surface area contributed by atoms with Crippen molar-refractivity contribution in [1.82, 2.24) is 15.2 Å². The van der Waals surface area contributed by atoms with Crippen LogP contribution in [0.15, 0.2) is 66.9 Å². The van der Waals surface area contributed by atoms with Gasteiger partial charge in [-0.1, -0.05) is 50.2 Å². The summed E-state index contributed by atoms with van der Waals surface area (Å²) in [5.74, 6) is 0.213. The zero-order valence-electron chi connectivity index (χ0n) is 19.4. The maximum atomic E-state index is 14.3. The van der Waals surface area contributed by atoms with Gasteiger partial charge in [-0.15, -0.1) is 0 Å². The number of pyridine rings is 1. The highest BCUT2D eigenvalue weighted by molar-refractivity contribution is 6.00. The van der Waals surface area contributed by atoms with Crippen molar-refractivity contribution in [3.8, 4) is 5.88 Å². The van der Waals surface area contributed by atoms with E-state index in [-0.39, 0.29) is 11.0 Å². The average Bonchev–Trinajstić information content (AvgIpc) is 3.19. The molecule has 8 heteroatoms. The van der Waals surface area contributed by atoms with Crippen molar-refractivity contribution in [3.05, 3.63) is 89.5 Å². The normalized spacial score (nSPS) is 12.8. The fraction of sp³-hybridized carbons (Fsp3) is 0.259. The number of fused-ring (bicyclic) bond motifs is 1. The predicted octanol–water partition coefficient (Wildman–Crippen LogP) is 7.43. The van der Waals surface area contributed by atoms with Gasteiger partial charge in [0, 0.05) is 17.8 Å². The number of allylic oxidation sites excluding steroid dienone is 1. The molecule has 0 unspecified atom stereocenters. The zero-order chi connectivity index (χ0) is 25.0. The Balaban J connectivity index is 1.88. The summed E-state index contributed by atoms with van der Waals surface area (Å²) in [6.07, 6.45) is -3.27. The Morgan fingerprint density at radius 2 is 1.71 bits per heavy atom. The van der Waals surface area contributed by atoms with E-state index in [4.69, 9.17) is 4.74 Å². The molecule has 4 aromatic rings. The second-order valence-corrected chi connectivity index (χ2v) is 8.70. The predicted molar refractivity (Wildman–Crippen MR) is 128 cm³/mol. The Kier molecular flexibility index (Phi) is 7.19. The van der Waals surface area contributed by atoms with E-state index in [2.05, 4.69) is 29.0 Å². The summed E-state index contributed by atoms with van der Waals surface area (Å²) in [5.41, 5.74) is 2.08. The smallest absolute Gasteiger partial charge is 0.393 e. The summed E-state index contributed by atoms with van der Waals surface area (Å²) in [7, 11) is 0. The fourth-order valence-electron chi connectivity index (χ4n) is 3.84. The lowest BCUT2D eigenvalue weighted by Crippen LogP contribution is -2.10. The minimum Gasteiger partial charge on any atom is -0.478 e. The maximum Gasteiger partial charge on any atom is 0.393 e. The Morgan fingerprint density at radius 3 is 2.37 bits per heavy atom. The van der Waals surface area contributed by atoms with E-state index >= 15 is 0 Å². The van der Waals surface area contributed by atoms with Crippen LogP contribution >= 0.6 is 0 Å². The first-order valence-electron chi connectivity index (χ1n) is 11.3. The van der Waals surface area contributed by atoms with Crippen LogP contribution in [0.5, 0.6) is 5.88 Å². The Hall–Kier alpha value is -3.68. The number of ether oxygens (including phenoxy) is 1. The number of nitrogens with zero attached hydrogens (tertiary/aromatic N) is 2. The number of hydrogen-bond donors (Lipinski definition) is 1. The number of aromatic amines is 1. The highest BCUT2D eigenvalue weighted by atomic mass is 19.4. The molecule has 0 aliphatic rings. The van der Waals surface area contributed by atoms with Crippen LogP contribution in [0, 0.1) is 11.9 Å². The van der Waals surface area contributed by atoms with E-state index in [0.29, 0.717) is 46.2 Å². The summed E-state index contributed by atoms with van der Waals surface area (Å²) in [6.45, 7) is 4.66. The molecule has 0 aliphatic heterocycles. The molecule has 1 N–H and O–H groups in total. The molecule has 2 aromatic carbocycles. The number of hydrogen-bond acceptors (Lipinski definition) is 3. The largest absolute Gasteiger partial charge is 0.478 e. The summed E-state index contributed by atoms with van der Waals surface area (Å²) in [4.78, 5) is 4.33. The van der Waals surface area contributed by atoms with E-state index in [1.54, 1.807) is 54.6 Å². The molecular formula is C27H25F4N3O. The van der Waals surface area contributed by atoms with Crippen molar-refractivity contribution in [1.29, 1.82) is 0 Å². The van der Waals surface area contributed by atoms with Crippen LogP contribution in [0.2, 0.25) is 0 Å². The lowest BCUT2D eigenvalue weighted by atomic mass is 9.88. The van der Waals surface area contributed by atoms with Gasteiger partial charge >= 0.3 is 6.18 Å². The highest BCUT2D eigenvalue weighted by Crippen LogP contribution is 2.40. The molecule has 0 spiro atoms. The van der Waals surface area contributed by atoms with Crippen molar-refractivity contribution in [2.75, 3.05) is 6.61 Å². The second-order valence-electron chi connectivity index (χ2n) is 8.70. The number of alkyl halides is 3. The SMILES string of the molecule is CC(C)CCOc1ccc(/C(=C(/CC(F)(F)F)c2ccccc2)c2ccc3n[nH]c(F)c3c2)cn1. The molecule has 0 saturated heterocycles. The van der Waals surface area contributed by atoms with Crippen LogP contribution in [0.4, 0.5) is 17.6 Å². The first-order chi connectivity index (χ1) is 16.7. The molecule has 4 nitrogen and oxygen atoms in total. The molecule has 0 saturated carbocycles. The van der Waals surface area contributed by atoms with Gasteiger partial charge in [-0.05, 0) is 52.8 Å². The first-order valence-corrected chi connectivity index (χ1v) is 11.3. The molecule has 182 valence electrons. The van der Waals surface area contributed by atoms with E-state index in [9.17, 15) is 17.6 Å². The standard InChI is InChI=1S/C27H25F4N3O/c1-17(2)12-13-35-24-11-9-20(16-32-24)25(19-8-10-23-21(14-19)26(28)34-33-23)22(15-27(29,30)31)18-6-4-3-5-7-18/h3-11,14,16-17H,12-13,15H2,1-2H3,(H,33,34)/b25-22-. The van der Waals surface area contributed by atoms with Crippen LogP contribution in [-0.4, -0.2) is 28.0 Å². The topological polar surface area (TPSA) is 50.8 Å². The molecule has 0 amide bonds. The molecule has 35 heavy (non-hydrogen) atoms. The maximum absolute atomic E-state index is 14.3. The molecule has 0 fully saturated rings. The monoisotopic (exact) mass is 483 g/mol. The van der Waals surface area contributed by atoms with Gasteiger partial charge < -0.3 is 4.74 Å². The molecule has 0 bridgehead atoms. The third-order valence-electron chi connectivity index (χ3n) is 5.57. The van der Waals surface area contributed by atoms with E-state index in [1.807, 2.05) is 0 Å². The Bertz CT molecular complexity index is 1310. The summed E-state index contributed by atoms with van der Waals surface area (Å²) < 4.78 is 61.3. The molecule has 0 radical (unpaired) electrons. The van der Waals surface area contributed by atoms with Crippen molar-refractivity contribution in [3.63, 3.8) is 0 Å². The zero-order valence-corrected chi connectivity index (χ0v) is 19.4. The van der Waals surface area contributed by atoms with Gasteiger partial charge in [0.05, 0.1) is 23.9 Å². The number of aromatic nitrogens is 3. The van der Waals surface area contributed by atoms with Gasteiger partial charge in [0.15, 0.2) is 0 Å². The van der Waals surface area contributed by atoms with Crippen molar-refractivity contribution < 1.29 is 22.3 Å². The Morgan fingerprint density at radius 1 is 0.971 bits per heavy atom. The third-order valence-corrected chi connectivity index (χ3v) is 5.57. The van der Waals surface area contributed by atoms with Crippen molar-refractivity contribution in [2.24, 2.45) is 5.92 Å². The highest BCUT2D eigenvalue weighted by Gasteiger charge is 2.31. The molecule has 0 aliphatic carbocycles. The molecular weight excluding hydrogens is 458 g/mol. The number of benzene rings is 2. The van der Waals surface area contributed by atoms with Gasteiger partial charge in [0.1, 0.15) is 0 Å². The van der Waals surface area contributed by atoms with Crippen LogP contribution in [0.25, 0.3) is 22.0 Å². The molecule has 0 atom stereocenters. The second kappa shape index (κ2) is 10.3. The van der Waals surface area contributed by atoms with E-state index in [0.717, 1.165) is 6.42 Å². The molecule has 4 rings (SSSR count). The van der Waals surface area contributed by atoms with E-state index < -0.39 is 18.5 Å². The van der Waals surface area contributed by atoms with Crippen LogP contribution in [0.1, 0.15) is 43.4 Å². The third kappa shape index (κ3) is 6.07. The average molecular weight is 484 g/mol. The summed E-state index contributed by atoms with van der Waals surface area (Å²) >= 11 is 0. The van der Waals surface area contributed by atoms with Gasteiger partial charge in [-0.2, -0.15) is 22.7 Å². The lowest BCUT2D eigenvalue weighted by Gasteiger charge is -2.19. The summed E-state index contributed by atoms with van der Waals surface area (Å²) in [5, 5.41) is 6.35. The van der Waals surface area contributed by atoms with Gasteiger partial charge in [0.2, 0.25) is 11.8 Å². The Labute approximate surface area is 200 Å². The van der Waals surface area contributed by atoms with Crippen LogP contribution < -0.4 is 4.74 Å². The molecule has 2 aromatic heterocycles. The van der Waals surface area contributed by atoms with Crippen molar-refractivity contribution >= 4 is 22.0 Å². The van der Waals surface area contributed by atoms with Gasteiger partial charge in [-0.3, -0.25) is 5.10 Å². The van der Waals surface area contributed by atoms with Crippen molar-refractivity contribution in [2.45, 2.75) is 32.9 Å². The molecule has 2 heterocycles. The number of halogens is 4. The minimum atomic E-state index is -4.46. The van der Waals surface area contributed by atoms with E-state index in [1.165, 1.54) is 12.3 Å². The number of rotatable bonds is 8. The number of H-pyrrole nitrogens is 1. The quantitative estimate of drug-likeness (QED) is 0.209. The summed E-state index contributed by atoms with van der Waals surface area (Å²) in [6, 6.07) is 16.4. The van der Waals surface area contributed by atoms with Gasteiger partial charge in [0.25, 0.3) is 0 Å².